The van der Waals surface area contributed by atoms with Gasteiger partial charge in [0.05, 0.1) is 12.3 Å². The largest absolute Gasteiger partial charge is 0.481 e. The van der Waals surface area contributed by atoms with Gasteiger partial charge in [0.1, 0.15) is 11.2 Å². The number of alkyl carbamates (subject to hydrolysis) is 1. The second-order valence-electron chi connectivity index (χ2n) is 6.71. The number of nitrogens with one attached hydrogen (secondary N) is 1. The average Bonchev–Trinajstić information content (AvgIpc) is 2.18. The van der Waals surface area contributed by atoms with Crippen molar-refractivity contribution in [1.82, 2.24) is 5.32 Å². The van der Waals surface area contributed by atoms with Crippen LogP contribution in [-0.2, 0) is 19.1 Å². The summed E-state index contributed by atoms with van der Waals surface area (Å²) in [5, 5.41) is 11.4. The fourth-order valence-corrected chi connectivity index (χ4v) is 1.35. The quantitative estimate of drug-likeness (QED) is 0.753. The fraction of sp³-hybridized carbons (Fsp3) is 0.786. The first kappa shape index (κ1) is 19.2. The zero-order valence-electron chi connectivity index (χ0n) is 13.5. The maximum absolute atomic E-state index is 11.6. The zero-order valence-corrected chi connectivity index (χ0v) is 13.5. The number of rotatable bonds is 5. The van der Waals surface area contributed by atoms with Gasteiger partial charge in [-0.1, -0.05) is 0 Å². The number of hydrogen-bond donors (Lipinski definition) is 2. The van der Waals surface area contributed by atoms with Crippen molar-refractivity contribution in [1.29, 1.82) is 0 Å². The topological polar surface area (TPSA) is 102 Å². The van der Waals surface area contributed by atoms with E-state index in [-0.39, 0.29) is 13.0 Å². The van der Waals surface area contributed by atoms with Crippen molar-refractivity contribution in [2.75, 3.05) is 6.54 Å². The third-order valence-corrected chi connectivity index (χ3v) is 2.07. The van der Waals surface area contributed by atoms with E-state index in [1.165, 1.54) is 0 Å². The molecule has 0 aromatic heterocycles. The molecular formula is C14H25NO6. The normalized spacial score (nSPS) is 13.2. The van der Waals surface area contributed by atoms with E-state index >= 15 is 0 Å². The Bertz CT molecular complexity index is 391. The van der Waals surface area contributed by atoms with E-state index in [0.717, 1.165) is 0 Å². The summed E-state index contributed by atoms with van der Waals surface area (Å²) in [7, 11) is 0. The third-order valence-electron chi connectivity index (χ3n) is 2.07. The monoisotopic (exact) mass is 303 g/mol. The van der Waals surface area contributed by atoms with Crippen LogP contribution < -0.4 is 5.32 Å². The molecule has 1 atom stereocenters. The summed E-state index contributed by atoms with van der Waals surface area (Å²) in [4.78, 5) is 34.2. The van der Waals surface area contributed by atoms with Gasteiger partial charge in [0, 0.05) is 6.54 Å². The lowest BCUT2D eigenvalue weighted by atomic mass is 10.1. The molecule has 0 bridgehead atoms. The number of amides is 1. The number of hydrogen-bond acceptors (Lipinski definition) is 5. The second kappa shape index (κ2) is 7.28. The molecule has 7 heteroatoms. The van der Waals surface area contributed by atoms with E-state index in [0.29, 0.717) is 0 Å². The Labute approximate surface area is 125 Å². The smallest absolute Gasteiger partial charge is 0.407 e. The number of aliphatic carboxylic acids is 1. The van der Waals surface area contributed by atoms with Crippen LogP contribution in [0.4, 0.5) is 4.79 Å². The first-order chi connectivity index (χ1) is 9.30. The van der Waals surface area contributed by atoms with Gasteiger partial charge in [0.2, 0.25) is 0 Å². The Balaban J connectivity index is 4.42. The van der Waals surface area contributed by atoms with E-state index in [1.54, 1.807) is 41.5 Å². The minimum absolute atomic E-state index is 0.205. The molecule has 0 rings (SSSR count). The predicted molar refractivity (Wildman–Crippen MR) is 75.8 cm³/mol. The number of carbonyl (C=O) groups is 3. The maximum atomic E-state index is 11.6. The van der Waals surface area contributed by atoms with Gasteiger partial charge >= 0.3 is 18.0 Å². The highest BCUT2D eigenvalue weighted by Crippen LogP contribution is 2.12. The summed E-state index contributed by atoms with van der Waals surface area (Å²) < 4.78 is 10.1. The number of carbonyl (C=O) groups excluding carboxylic acids is 2. The van der Waals surface area contributed by atoms with Crippen LogP contribution in [0.15, 0.2) is 0 Å². The van der Waals surface area contributed by atoms with E-state index in [2.05, 4.69) is 5.32 Å². The average molecular weight is 303 g/mol. The van der Waals surface area contributed by atoms with Crippen molar-refractivity contribution in [3.8, 4) is 0 Å². The lowest BCUT2D eigenvalue weighted by Gasteiger charge is -2.22. The van der Waals surface area contributed by atoms with Crippen LogP contribution in [0, 0.1) is 5.92 Å². The van der Waals surface area contributed by atoms with Crippen LogP contribution >= 0.6 is 0 Å². The number of ether oxygens (including phenoxy) is 2. The molecule has 0 spiro atoms. The Morgan fingerprint density at radius 1 is 1.00 bits per heavy atom. The molecule has 0 fully saturated rings. The van der Waals surface area contributed by atoms with Gasteiger partial charge in [-0.25, -0.2) is 4.79 Å². The molecule has 0 saturated carbocycles. The number of carboxylic acids is 1. The first-order valence-corrected chi connectivity index (χ1v) is 6.71. The lowest BCUT2D eigenvalue weighted by molar-refractivity contribution is -0.159. The van der Waals surface area contributed by atoms with Crippen LogP contribution in [0.3, 0.4) is 0 Å². The molecule has 0 aliphatic rings. The summed E-state index contributed by atoms with van der Waals surface area (Å²) in [5.41, 5.74) is -1.35. The van der Waals surface area contributed by atoms with Crippen LogP contribution in [0.1, 0.15) is 48.0 Å². The number of carboxylic acid groups (broad SMARTS) is 1. The van der Waals surface area contributed by atoms with Crippen molar-refractivity contribution in [3.63, 3.8) is 0 Å². The Morgan fingerprint density at radius 2 is 1.48 bits per heavy atom. The highest BCUT2D eigenvalue weighted by molar-refractivity contribution is 5.79. The van der Waals surface area contributed by atoms with Crippen LogP contribution in [0.2, 0.25) is 0 Å². The summed E-state index contributed by atoms with van der Waals surface area (Å²) in [6, 6.07) is 0. The molecule has 0 radical (unpaired) electrons. The fourth-order valence-electron chi connectivity index (χ4n) is 1.35. The van der Waals surface area contributed by atoms with Gasteiger partial charge in [-0.15, -0.1) is 0 Å². The van der Waals surface area contributed by atoms with Crippen LogP contribution in [-0.4, -0.2) is 40.9 Å². The molecule has 0 saturated heterocycles. The van der Waals surface area contributed by atoms with Gasteiger partial charge < -0.3 is 19.9 Å². The van der Waals surface area contributed by atoms with E-state index in [9.17, 15) is 14.4 Å². The molecule has 1 unspecified atom stereocenters. The molecule has 7 nitrogen and oxygen atoms in total. The van der Waals surface area contributed by atoms with Crippen molar-refractivity contribution < 1.29 is 29.0 Å². The Kier molecular flexibility index (Phi) is 6.66. The van der Waals surface area contributed by atoms with Gasteiger partial charge in [-0.2, -0.15) is 0 Å². The molecular weight excluding hydrogens is 278 g/mol. The Morgan fingerprint density at radius 3 is 1.86 bits per heavy atom. The van der Waals surface area contributed by atoms with Crippen molar-refractivity contribution >= 4 is 18.0 Å². The number of esters is 1. The van der Waals surface area contributed by atoms with Crippen molar-refractivity contribution in [2.24, 2.45) is 5.92 Å². The van der Waals surface area contributed by atoms with Crippen molar-refractivity contribution in [3.05, 3.63) is 0 Å². The molecule has 21 heavy (non-hydrogen) atoms. The predicted octanol–water partition coefficient (Wildman–Crippen LogP) is 1.94. The molecule has 0 aromatic rings. The standard InChI is InChI=1S/C14H25NO6/c1-13(2,3)20-10(16)7-9(11(17)18)8-15-12(19)21-14(4,5)6/h9H,7-8H2,1-6H3,(H,15,19)(H,17,18). The molecule has 0 aliphatic heterocycles. The molecule has 0 aromatic carbocycles. The molecule has 2 N–H and O–H groups in total. The summed E-state index contributed by atoms with van der Waals surface area (Å²) in [5.74, 6) is -2.87. The maximum Gasteiger partial charge on any atom is 0.407 e. The first-order valence-electron chi connectivity index (χ1n) is 6.71. The molecule has 1 amide bonds. The minimum atomic E-state index is -1.18. The highest BCUT2D eigenvalue weighted by Gasteiger charge is 2.26. The zero-order chi connectivity index (χ0) is 16.8. The van der Waals surface area contributed by atoms with Crippen LogP contribution in [0.25, 0.3) is 0 Å². The molecule has 0 aliphatic carbocycles. The SMILES string of the molecule is CC(C)(C)OC(=O)CC(CNC(=O)OC(C)(C)C)C(=O)O. The summed E-state index contributed by atoms with van der Waals surface area (Å²) in [6.07, 6.45) is -1.04. The van der Waals surface area contributed by atoms with Gasteiger partial charge in [0.15, 0.2) is 0 Å². The minimum Gasteiger partial charge on any atom is -0.481 e. The van der Waals surface area contributed by atoms with Gasteiger partial charge in [-0.05, 0) is 41.5 Å². The summed E-state index contributed by atoms with van der Waals surface area (Å²) >= 11 is 0. The van der Waals surface area contributed by atoms with Crippen LogP contribution in [0.5, 0.6) is 0 Å². The van der Waals surface area contributed by atoms with Gasteiger partial charge in [-0.3, -0.25) is 9.59 Å². The van der Waals surface area contributed by atoms with E-state index in [1.807, 2.05) is 0 Å². The molecule has 0 heterocycles. The van der Waals surface area contributed by atoms with E-state index < -0.39 is 35.2 Å². The van der Waals surface area contributed by atoms with Crippen molar-refractivity contribution in [2.45, 2.75) is 59.2 Å². The van der Waals surface area contributed by atoms with E-state index in [4.69, 9.17) is 14.6 Å². The summed E-state index contributed by atoms with van der Waals surface area (Å²) in [6.45, 7) is 9.97. The second-order valence-corrected chi connectivity index (χ2v) is 6.71. The Hall–Kier alpha value is -1.79. The molecule has 122 valence electrons. The highest BCUT2D eigenvalue weighted by atomic mass is 16.6. The third kappa shape index (κ3) is 10.6. The lowest BCUT2D eigenvalue weighted by Crippen LogP contribution is -2.38. The van der Waals surface area contributed by atoms with Gasteiger partial charge in [0.25, 0.3) is 0 Å².